The van der Waals surface area contributed by atoms with E-state index in [1.165, 1.54) is 14.2 Å². The lowest BCUT2D eigenvalue weighted by atomic mass is 10.0. The van der Waals surface area contributed by atoms with Crippen molar-refractivity contribution >= 4 is 40.6 Å². The fourth-order valence-corrected chi connectivity index (χ4v) is 5.26. The molecule has 41 heavy (non-hydrogen) atoms. The van der Waals surface area contributed by atoms with E-state index in [2.05, 4.69) is 15.6 Å². The lowest BCUT2D eigenvalue weighted by Gasteiger charge is -2.27. The van der Waals surface area contributed by atoms with Crippen molar-refractivity contribution in [2.24, 2.45) is 0 Å². The molecule has 1 amide bonds. The second-order valence-electron chi connectivity index (χ2n) is 9.40. The van der Waals surface area contributed by atoms with Crippen molar-refractivity contribution in [1.82, 2.24) is 10.3 Å². The van der Waals surface area contributed by atoms with Gasteiger partial charge in [-0.05, 0) is 79.3 Å². The monoisotopic (exact) mass is 572 g/mol. The van der Waals surface area contributed by atoms with Crippen molar-refractivity contribution in [3.8, 4) is 17.1 Å². The second kappa shape index (κ2) is 11.8. The van der Waals surface area contributed by atoms with Gasteiger partial charge in [0.2, 0.25) is 5.91 Å². The predicted octanol–water partition coefficient (Wildman–Crippen LogP) is 5.12. The molecule has 10 nitrogen and oxygen atoms in total. The Bertz CT molecular complexity index is 1610. The highest BCUT2D eigenvalue weighted by atomic mass is 32.1. The maximum Gasteiger partial charge on any atom is 0.335 e. The number of nitrogens with zero attached hydrogens (tertiary/aromatic N) is 2. The minimum atomic E-state index is -0.989. The van der Waals surface area contributed by atoms with Gasteiger partial charge < -0.3 is 34.5 Å². The van der Waals surface area contributed by atoms with Gasteiger partial charge in [-0.25, -0.2) is 4.79 Å². The molecule has 0 saturated carbocycles. The number of aromatic nitrogens is 1. The van der Waals surface area contributed by atoms with Gasteiger partial charge >= 0.3 is 5.97 Å². The van der Waals surface area contributed by atoms with E-state index in [9.17, 15) is 14.7 Å². The number of amides is 1. The maximum atomic E-state index is 12.3. The molecule has 2 aromatic carbocycles. The number of anilines is 2. The van der Waals surface area contributed by atoms with Crippen molar-refractivity contribution in [3.05, 3.63) is 95.5 Å². The largest absolute Gasteiger partial charge is 0.495 e. The molecule has 3 heterocycles. The number of carboxylic acids is 1. The van der Waals surface area contributed by atoms with Gasteiger partial charge in [0, 0.05) is 24.6 Å². The lowest BCUT2D eigenvalue weighted by molar-refractivity contribution is -0.119. The van der Waals surface area contributed by atoms with Gasteiger partial charge in [0.1, 0.15) is 29.9 Å². The van der Waals surface area contributed by atoms with Crippen LogP contribution in [0.2, 0.25) is 0 Å². The van der Waals surface area contributed by atoms with Crippen LogP contribution in [0.4, 0.5) is 11.4 Å². The summed E-state index contributed by atoms with van der Waals surface area (Å²) in [5, 5.41) is 16.0. The molecule has 0 spiro atoms. The van der Waals surface area contributed by atoms with E-state index in [4.69, 9.17) is 26.1 Å². The maximum absolute atomic E-state index is 12.3. The van der Waals surface area contributed by atoms with Gasteiger partial charge in [-0.2, -0.15) is 0 Å². The first-order valence-corrected chi connectivity index (χ1v) is 13.1. The number of furan rings is 1. The van der Waals surface area contributed by atoms with Crippen LogP contribution < -0.4 is 20.3 Å². The molecule has 210 valence electrons. The number of pyridine rings is 1. The molecule has 1 saturated heterocycles. The van der Waals surface area contributed by atoms with Gasteiger partial charge in [0.15, 0.2) is 5.11 Å². The molecule has 4 aromatic rings. The molecule has 2 aromatic heterocycles. The molecule has 1 aliphatic rings. The number of hydrogen-bond acceptors (Lipinski definition) is 7. The van der Waals surface area contributed by atoms with Gasteiger partial charge in [0.05, 0.1) is 30.1 Å². The highest BCUT2D eigenvalue weighted by Gasteiger charge is 2.43. The van der Waals surface area contributed by atoms with Crippen LogP contribution in [-0.4, -0.2) is 47.9 Å². The number of rotatable bonds is 9. The third-order valence-electron chi connectivity index (χ3n) is 6.77. The van der Waals surface area contributed by atoms with Crippen molar-refractivity contribution < 1.29 is 28.6 Å². The molecule has 3 N–H and O–H groups in total. The van der Waals surface area contributed by atoms with Gasteiger partial charge in [-0.15, -0.1) is 0 Å². The Balaban J connectivity index is 1.58. The number of aryl methyl sites for hydroxylation is 1. The summed E-state index contributed by atoms with van der Waals surface area (Å²) in [4.78, 5) is 30.2. The van der Waals surface area contributed by atoms with E-state index < -0.39 is 12.0 Å². The number of carbonyl (C=O) groups excluding carboxylic acids is 1. The Labute approximate surface area is 241 Å². The first-order chi connectivity index (χ1) is 19.8. The number of aromatic carboxylic acids is 1. The van der Waals surface area contributed by atoms with E-state index in [1.807, 2.05) is 48.2 Å². The van der Waals surface area contributed by atoms with Crippen molar-refractivity contribution in [2.75, 3.05) is 31.0 Å². The average Bonchev–Trinajstić information content (AvgIpc) is 3.58. The summed E-state index contributed by atoms with van der Waals surface area (Å²) in [5.41, 5.74) is 3.68. The normalized spacial score (nSPS) is 16.4. The number of carbonyl (C=O) groups is 2. The Morgan fingerprint density at radius 1 is 1.12 bits per heavy atom. The molecule has 0 aliphatic carbocycles. The molecular weight excluding hydrogens is 544 g/mol. The summed E-state index contributed by atoms with van der Waals surface area (Å²) in [6.07, 6.45) is 1.72. The van der Waals surface area contributed by atoms with Gasteiger partial charge in [-0.1, -0.05) is 12.1 Å². The summed E-state index contributed by atoms with van der Waals surface area (Å²) >= 11 is 5.82. The highest BCUT2D eigenvalue weighted by Crippen LogP contribution is 2.44. The summed E-state index contributed by atoms with van der Waals surface area (Å²) in [6.45, 7) is 1.74. The quantitative estimate of drug-likeness (QED) is 0.233. The molecule has 11 heteroatoms. The van der Waals surface area contributed by atoms with Gasteiger partial charge in [-0.3, -0.25) is 9.78 Å². The van der Waals surface area contributed by atoms with Crippen molar-refractivity contribution in [1.29, 1.82) is 0 Å². The molecule has 0 bridgehead atoms. The predicted molar refractivity (Wildman–Crippen MR) is 157 cm³/mol. The van der Waals surface area contributed by atoms with Crippen LogP contribution in [-0.2, 0) is 9.53 Å². The average molecular weight is 573 g/mol. The minimum Gasteiger partial charge on any atom is -0.495 e. The van der Waals surface area contributed by atoms with Crippen LogP contribution in [0.15, 0.2) is 77.3 Å². The summed E-state index contributed by atoms with van der Waals surface area (Å²) in [7, 11) is 2.97. The minimum absolute atomic E-state index is 0.108. The molecule has 1 fully saturated rings. The number of benzene rings is 2. The zero-order valence-electron chi connectivity index (χ0n) is 22.6. The summed E-state index contributed by atoms with van der Waals surface area (Å²) < 4.78 is 16.9. The number of thiocarbonyl (C=S) groups is 1. The third kappa shape index (κ3) is 5.63. The van der Waals surface area contributed by atoms with E-state index in [1.54, 1.807) is 36.5 Å². The number of ether oxygens (including phenoxy) is 2. The highest BCUT2D eigenvalue weighted by molar-refractivity contribution is 7.80. The number of carboxylic acid groups (broad SMARTS) is 1. The fourth-order valence-electron chi connectivity index (χ4n) is 4.91. The molecule has 5 rings (SSSR count). The molecule has 2 atom stereocenters. The standard InChI is InChI=1S/C30H28N4O6S/c1-17-14-18(29(36)37)7-9-20(17)23-11-12-25(40-23)28-27(21-6-4-5-13-31-21)33-30(41)34(28)19-8-10-24(39-3)22(15-19)32-26(35)16-38-2/h4-15,27-28H,16H2,1-3H3,(H,32,35)(H,33,41)(H,36,37)/t27-,28-/m0/s1. The summed E-state index contributed by atoms with van der Waals surface area (Å²) in [5.74, 6) is 0.374. The van der Waals surface area contributed by atoms with E-state index in [0.29, 0.717) is 33.8 Å². The van der Waals surface area contributed by atoms with Crippen LogP contribution >= 0.6 is 12.2 Å². The van der Waals surface area contributed by atoms with Crippen molar-refractivity contribution in [3.63, 3.8) is 0 Å². The van der Waals surface area contributed by atoms with E-state index >= 15 is 0 Å². The first kappa shape index (κ1) is 27.8. The summed E-state index contributed by atoms with van der Waals surface area (Å²) in [6, 6.07) is 18.9. The molecule has 1 aliphatic heterocycles. The van der Waals surface area contributed by atoms with Gasteiger partial charge in [0.25, 0.3) is 0 Å². The Morgan fingerprint density at radius 3 is 2.63 bits per heavy atom. The topological polar surface area (TPSA) is 126 Å². The van der Waals surface area contributed by atoms with Crippen LogP contribution in [0.3, 0.4) is 0 Å². The van der Waals surface area contributed by atoms with E-state index in [0.717, 1.165) is 16.8 Å². The zero-order valence-corrected chi connectivity index (χ0v) is 23.4. The Hall–Kier alpha value is -4.74. The van der Waals surface area contributed by atoms with Crippen LogP contribution in [0.1, 0.15) is 39.5 Å². The Morgan fingerprint density at radius 2 is 1.95 bits per heavy atom. The first-order valence-electron chi connectivity index (χ1n) is 12.7. The SMILES string of the molecule is COCC(=O)Nc1cc(N2C(=S)N[C@@H](c3ccccn3)[C@@H]2c2ccc(-c3ccc(C(=O)O)cc3C)o2)ccc1OC. The lowest BCUT2D eigenvalue weighted by Crippen LogP contribution is -2.29. The second-order valence-corrected chi connectivity index (χ2v) is 9.79. The number of hydrogen-bond donors (Lipinski definition) is 3. The fraction of sp³-hybridized carbons (Fsp3) is 0.200. The molecule has 0 radical (unpaired) electrons. The van der Waals surface area contributed by atoms with Crippen LogP contribution in [0.25, 0.3) is 11.3 Å². The van der Waals surface area contributed by atoms with Crippen LogP contribution in [0.5, 0.6) is 5.75 Å². The molecule has 0 unspecified atom stereocenters. The molecular formula is C30H28N4O6S. The smallest absolute Gasteiger partial charge is 0.335 e. The Kier molecular flexibility index (Phi) is 7.99. The van der Waals surface area contributed by atoms with Crippen molar-refractivity contribution in [2.45, 2.75) is 19.0 Å². The van der Waals surface area contributed by atoms with Crippen LogP contribution in [0, 0.1) is 6.92 Å². The van der Waals surface area contributed by atoms with E-state index in [-0.39, 0.29) is 24.1 Å². The number of methoxy groups -OCH3 is 2. The number of nitrogens with one attached hydrogen (secondary N) is 2. The third-order valence-corrected chi connectivity index (χ3v) is 7.08. The zero-order chi connectivity index (χ0) is 29.1.